The minimum absolute atomic E-state index is 0.455. The molecule has 0 N–H and O–H groups in total. The van der Waals surface area contributed by atoms with Gasteiger partial charge in [0.25, 0.3) is 0 Å². The molecule has 0 amide bonds. The molecule has 0 bridgehead atoms. The van der Waals surface area contributed by atoms with Crippen LogP contribution in [-0.4, -0.2) is 0 Å². The molecule has 0 aliphatic carbocycles. The highest BCUT2D eigenvalue weighted by Gasteiger charge is 1.81. The second-order valence-corrected chi connectivity index (χ2v) is 2.01. The summed E-state index contributed by atoms with van der Waals surface area (Å²) >= 11 is 0. The van der Waals surface area contributed by atoms with Crippen LogP contribution in [0.5, 0.6) is 0 Å². The van der Waals surface area contributed by atoms with Gasteiger partial charge in [-0.1, -0.05) is 32.2 Å². The van der Waals surface area contributed by atoms with Crippen molar-refractivity contribution in [1.29, 1.82) is 0 Å². The Hall–Kier alpha value is -0.260. The molecule has 0 atom stereocenters. The summed E-state index contributed by atoms with van der Waals surface area (Å²) in [6.07, 6.45) is 5.54. The van der Waals surface area contributed by atoms with Gasteiger partial charge >= 0.3 is 0 Å². The maximum absolute atomic E-state index is 7.13. The first-order valence-electron chi connectivity index (χ1n) is 4.43. The standard InChI is InChI=1S/C8H16/c1-3-5-7-8-6-4-2/h3H,1,4-8H2,2H3/i1D,3D. The fourth-order valence-corrected chi connectivity index (χ4v) is 0.654. The topological polar surface area (TPSA) is 0 Å². The van der Waals surface area contributed by atoms with Crippen molar-refractivity contribution in [2.75, 3.05) is 0 Å². The molecule has 0 saturated heterocycles. The number of unbranched alkanes of at least 4 members (excludes halogenated alkanes) is 3. The Kier molecular flexibility index (Phi) is 3.88. The maximum atomic E-state index is 7.13. The molecule has 0 aromatic rings. The smallest absolute Gasteiger partial charge is 0.0570 e. The Labute approximate surface area is 55.4 Å². The third-order valence-electron chi connectivity index (χ3n) is 1.17. The van der Waals surface area contributed by atoms with E-state index in [0.717, 1.165) is 19.4 Å². The van der Waals surface area contributed by atoms with Gasteiger partial charge in [-0.05, 0) is 12.8 Å². The molecule has 0 aliphatic heterocycles. The molecule has 0 aromatic heterocycles. The highest BCUT2D eigenvalue weighted by Crippen LogP contribution is 2.01. The fourth-order valence-electron chi connectivity index (χ4n) is 0.654. The van der Waals surface area contributed by atoms with Gasteiger partial charge < -0.3 is 0 Å². The number of hydrogen-bond donors (Lipinski definition) is 0. The third kappa shape index (κ3) is 5.74. The molecule has 0 aromatic carbocycles. The lowest BCUT2D eigenvalue weighted by Gasteiger charge is -1.91. The first kappa shape index (κ1) is 4.60. The van der Waals surface area contributed by atoms with Crippen molar-refractivity contribution in [2.24, 2.45) is 0 Å². The van der Waals surface area contributed by atoms with Gasteiger partial charge in [0.2, 0.25) is 0 Å². The van der Waals surface area contributed by atoms with Crippen LogP contribution >= 0.6 is 0 Å². The molecular weight excluding hydrogens is 96.1 g/mol. The molecule has 0 unspecified atom stereocenters. The highest BCUT2D eigenvalue weighted by atomic mass is 13.9. The van der Waals surface area contributed by atoms with Crippen LogP contribution in [0.15, 0.2) is 12.6 Å². The number of rotatable bonds is 5. The molecule has 0 heterocycles. The zero-order chi connectivity index (χ0) is 7.82. The van der Waals surface area contributed by atoms with Crippen LogP contribution < -0.4 is 0 Å². The van der Waals surface area contributed by atoms with Crippen LogP contribution in [0.3, 0.4) is 0 Å². The number of allylic oxidation sites excluding steroid dienone is 1. The molecule has 48 valence electrons. The van der Waals surface area contributed by atoms with E-state index in [0.29, 0.717) is 6.05 Å². The van der Waals surface area contributed by atoms with Crippen LogP contribution in [0.4, 0.5) is 0 Å². The summed E-state index contributed by atoms with van der Waals surface area (Å²) in [6.45, 7) is 3.30. The van der Waals surface area contributed by atoms with Crippen LogP contribution in [0, 0.1) is 0 Å². The second kappa shape index (κ2) is 6.74. The SMILES string of the molecule is [2H]C=C([2H])CCCCCC. The summed E-state index contributed by atoms with van der Waals surface area (Å²) in [5.74, 6) is 0. The van der Waals surface area contributed by atoms with Crippen LogP contribution in [-0.2, 0) is 0 Å². The highest BCUT2D eigenvalue weighted by molar-refractivity contribution is 4.64. The van der Waals surface area contributed by atoms with Crippen molar-refractivity contribution < 1.29 is 2.74 Å². The Balaban J connectivity index is 3.04. The summed E-state index contributed by atoms with van der Waals surface area (Å²) in [7, 11) is 0. The monoisotopic (exact) mass is 114 g/mol. The average molecular weight is 114 g/mol. The summed E-state index contributed by atoms with van der Waals surface area (Å²) < 4.78 is 13.9. The molecule has 0 aliphatic rings. The summed E-state index contributed by atoms with van der Waals surface area (Å²) in [6, 6.07) is 0.455. The predicted molar refractivity (Wildman–Crippen MR) is 39.0 cm³/mol. The van der Waals surface area contributed by atoms with Crippen LogP contribution in [0.2, 0.25) is 0 Å². The quantitative estimate of drug-likeness (QED) is 0.380. The maximum Gasteiger partial charge on any atom is 0.0570 e. The zero-order valence-corrected chi connectivity index (χ0v) is 5.61. The fraction of sp³-hybridized carbons (Fsp3) is 0.750. The average Bonchev–Trinajstić information content (AvgIpc) is 1.98. The Morgan fingerprint density at radius 3 is 3.12 bits per heavy atom. The van der Waals surface area contributed by atoms with Gasteiger partial charge in [-0.15, -0.1) is 6.55 Å². The summed E-state index contributed by atoms with van der Waals surface area (Å²) in [5, 5.41) is 0. The lowest BCUT2D eigenvalue weighted by Crippen LogP contribution is -1.71. The first-order valence-corrected chi connectivity index (χ1v) is 3.35. The minimum Gasteiger partial charge on any atom is -0.103 e. The van der Waals surface area contributed by atoms with Gasteiger partial charge in [0.05, 0.1) is 2.74 Å². The molecule has 0 fully saturated rings. The Morgan fingerprint density at radius 1 is 1.62 bits per heavy atom. The van der Waals surface area contributed by atoms with Crippen molar-refractivity contribution in [3.8, 4) is 0 Å². The van der Waals surface area contributed by atoms with Gasteiger partial charge in [-0.3, -0.25) is 0 Å². The van der Waals surface area contributed by atoms with E-state index in [1.807, 2.05) is 0 Å². The van der Waals surface area contributed by atoms with Crippen molar-refractivity contribution in [2.45, 2.75) is 39.0 Å². The summed E-state index contributed by atoms with van der Waals surface area (Å²) in [5.41, 5.74) is 0. The normalized spacial score (nSPS) is 15.4. The van der Waals surface area contributed by atoms with Crippen LogP contribution in [0.25, 0.3) is 0 Å². The predicted octanol–water partition coefficient (Wildman–Crippen LogP) is 3.14. The van der Waals surface area contributed by atoms with Gasteiger partial charge in [0, 0.05) is 0 Å². The Morgan fingerprint density at radius 2 is 2.50 bits per heavy atom. The number of hydrogen-bond acceptors (Lipinski definition) is 0. The van der Waals surface area contributed by atoms with Crippen molar-refractivity contribution >= 4 is 0 Å². The van der Waals surface area contributed by atoms with Gasteiger partial charge in [0.15, 0.2) is 0 Å². The van der Waals surface area contributed by atoms with E-state index in [9.17, 15) is 0 Å². The summed E-state index contributed by atoms with van der Waals surface area (Å²) in [4.78, 5) is 0. The van der Waals surface area contributed by atoms with E-state index in [4.69, 9.17) is 2.74 Å². The van der Waals surface area contributed by atoms with Crippen molar-refractivity contribution in [3.63, 3.8) is 0 Å². The second-order valence-electron chi connectivity index (χ2n) is 2.01. The molecule has 0 saturated carbocycles. The van der Waals surface area contributed by atoms with Crippen molar-refractivity contribution in [3.05, 3.63) is 12.6 Å². The van der Waals surface area contributed by atoms with E-state index >= 15 is 0 Å². The minimum atomic E-state index is 0.455. The van der Waals surface area contributed by atoms with Gasteiger partial charge in [0.1, 0.15) is 0 Å². The largest absolute Gasteiger partial charge is 0.103 e. The first-order chi connectivity index (χ1) is 4.81. The molecule has 0 radical (unpaired) electrons. The van der Waals surface area contributed by atoms with Gasteiger partial charge in [-0.2, -0.15) is 0 Å². The molecule has 0 rings (SSSR count). The van der Waals surface area contributed by atoms with E-state index < -0.39 is 0 Å². The van der Waals surface area contributed by atoms with E-state index in [1.165, 1.54) is 19.3 Å². The molecule has 8 heavy (non-hydrogen) atoms. The Bertz CT molecular complexity index is 97.4. The molecular formula is C8H16. The van der Waals surface area contributed by atoms with E-state index in [2.05, 4.69) is 6.92 Å². The van der Waals surface area contributed by atoms with Crippen LogP contribution in [0.1, 0.15) is 41.8 Å². The van der Waals surface area contributed by atoms with E-state index in [1.54, 1.807) is 0 Å². The molecule has 0 heteroatoms. The molecule has 0 nitrogen and oxygen atoms in total. The third-order valence-corrected chi connectivity index (χ3v) is 1.17. The van der Waals surface area contributed by atoms with E-state index in [-0.39, 0.29) is 0 Å². The molecule has 0 spiro atoms. The van der Waals surface area contributed by atoms with Crippen molar-refractivity contribution in [1.82, 2.24) is 0 Å². The lowest BCUT2D eigenvalue weighted by atomic mass is 10.2. The zero-order valence-electron chi connectivity index (χ0n) is 7.61. The van der Waals surface area contributed by atoms with Gasteiger partial charge in [-0.25, -0.2) is 0 Å². The lowest BCUT2D eigenvalue weighted by molar-refractivity contribution is 0.675.